The number of carbonyl (C=O) groups excluding carboxylic acids is 2. The molecule has 0 radical (unpaired) electrons. The van der Waals surface area contributed by atoms with Crippen molar-refractivity contribution in [2.75, 3.05) is 12.9 Å². The Morgan fingerprint density at radius 2 is 2.19 bits per heavy atom. The highest BCUT2D eigenvalue weighted by Crippen LogP contribution is 2.33. The van der Waals surface area contributed by atoms with Gasteiger partial charge in [-0.3, -0.25) is 9.59 Å². The van der Waals surface area contributed by atoms with Crippen LogP contribution in [-0.2, 0) is 15.3 Å². The van der Waals surface area contributed by atoms with E-state index >= 15 is 0 Å². The lowest BCUT2D eigenvalue weighted by Crippen LogP contribution is -2.18. The normalized spacial score (nSPS) is 14.3. The Morgan fingerprint density at radius 3 is 2.81 bits per heavy atom. The summed E-state index contributed by atoms with van der Waals surface area (Å²) in [6, 6.07) is 3.39. The number of hydrogen-bond donors (Lipinski definition) is 0. The van der Waals surface area contributed by atoms with Crippen LogP contribution in [0, 0.1) is 5.92 Å². The fourth-order valence-corrected chi connectivity index (χ4v) is 2.99. The molecule has 0 saturated heterocycles. The molecule has 2 aromatic heterocycles. The maximum Gasteiger partial charge on any atom is 0.201 e. The van der Waals surface area contributed by atoms with E-state index in [1.54, 1.807) is 30.2 Å². The first kappa shape index (κ1) is 18.3. The van der Waals surface area contributed by atoms with E-state index < -0.39 is 0 Å². The van der Waals surface area contributed by atoms with Crippen molar-refractivity contribution in [3.05, 3.63) is 47.9 Å². The molecule has 8 heteroatoms. The van der Waals surface area contributed by atoms with Crippen molar-refractivity contribution >= 4 is 23.3 Å². The zero-order valence-corrected chi connectivity index (χ0v) is 15.5. The van der Waals surface area contributed by atoms with E-state index in [2.05, 4.69) is 15.1 Å². The zero-order chi connectivity index (χ0) is 18.5. The maximum absolute atomic E-state index is 13.1. The van der Waals surface area contributed by atoms with Gasteiger partial charge in [-0.15, -0.1) is 0 Å². The summed E-state index contributed by atoms with van der Waals surface area (Å²) in [4.78, 5) is 34.1. The summed E-state index contributed by atoms with van der Waals surface area (Å²) < 4.78 is 6.80. The van der Waals surface area contributed by atoms with Crippen LogP contribution in [0.5, 0.6) is 0 Å². The number of allylic oxidation sites excluding steroid dienone is 1. The summed E-state index contributed by atoms with van der Waals surface area (Å²) in [6.07, 6.45) is 7.87. The second kappa shape index (κ2) is 8.27. The Morgan fingerprint density at radius 1 is 1.38 bits per heavy atom. The molecule has 1 aliphatic rings. The molecule has 1 fully saturated rings. The number of thioether (sulfide) groups is 1. The molecule has 0 N–H and O–H groups in total. The Kier molecular flexibility index (Phi) is 5.82. The second-order valence-corrected chi connectivity index (χ2v) is 6.76. The van der Waals surface area contributed by atoms with Crippen molar-refractivity contribution < 1.29 is 14.3 Å². The first-order valence-corrected chi connectivity index (χ1v) is 9.79. The number of rotatable bonds is 9. The van der Waals surface area contributed by atoms with Crippen LogP contribution in [0.3, 0.4) is 0 Å². The smallest absolute Gasteiger partial charge is 0.201 e. The predicted molar refractivity (Wildman–Crippen MR) is 98.1 cm³/mol. The fraction of sp³-hybridized carbons (Fsp3) is 0.389. The molecule has 26 heavy (non-hydrogen) atoms. The lowest BCUT2D eigenvalue weighted by Gasteiger charge is -2.11. The summed E-state index contributed by atoms with van der Waals surface area (Å²) in [6.45, 7) is 2.21. The highest BCUT2D eigenvalue weighted by Gasteiger charge is 2.35. The minimum Gasteiger partial charge on any atom is -0.501 e. The molecule has 2 heterocycles. The quantitative estimate of drug-likeness (QED) is 0.220. The van der Waals surface area contributed by atoms with E-state index in [0.717, 1.165) is 12.8 Å². The van der Waals surface area contributed by atoms with Gasteiger partial charge in [-0.2, -0.15) is 16.9 Å². The molecular weight excluding hydrogens is 352 g/mol. The summed E-state index contributed by atoms with van der Waals surface area (Å²) in [7, 11) is 0. The van der Waals surface area contributed by atoms with Crippen LogP contribution >= 0.6 is 11.8 Å². The summed E-state index contributed by atoms with van der Waals surface area (Å²) in [5.74, 6) is 0.586. The van der Waals surface area contributed by atoms with Crippen LogP contribution in [0.4, 0.5) is 0 Å². The monoisotopic (exact) mass is 372 g/mol. The van der Waals surface area contributed by atoms with E-state index in [9.17, 15) is 9.59 Å². The number of pyridine rings is 1. The van der Waals surface area contributed by atoms with Crippen LogP contribution in [0.25, 0.3) is 5.82 Å². The van der Waals surface area contributed by atoms with Gasteiger partial charge in [0.1, 0.15) is 18.2 Å². The van der Waals surface area contributed by atoms with Crippen LogP contribution in [-0.4, -0.2) is 44.2 Å². The van der Waals surface area contributed by atoms with E-state index in [4.69, 9.17) is 4.74 Å². The Bertz CT molecular complexity index is 829. The van der Waals surface area contributed by atoms with Gasteiger partial charge in [0.2, 0.25) is 5.78 Å². The molecule has 0 bridgehead atoms. The topological polar surface area (TPSA) is 87.0 Å². The molecule has 1 aliphatic carbocycles. The molecule has 0 atom stereocenters. The SMILES string of the molecule is CCOC=C(C(=O)c1ccc(-n2cncn2)nc1CSC)C(=O)C1CC1. The average molecular weight is 372 g/mol. The largest absolute Gasteiger partial charge is 0.501 e. The predicted octanol–water partition coefficient (Wildman–Crippen LogP) is 2.61. The van der Waals surface area contributed by atoms with Crippen molar-refractivity contribution in [2.45, 2.75) is 25.5 Å². The van der Waals surface area contributed by atoms with Gasteiger partial charge in [0.25, 0.3) is 0 Å². The first-order valence-electron chi connectivity index (χ1n) is 8.40. The van der Waals surface area contributed by atoms with Gasteiger partial charge < -0.3 is 4.74 Å². The average Bonchev–Trinajstić information content (AvgIpc) is 3.36. The molecule has 0 aliphatic heterocycles. The molecule has 0 spiro atoms. The summed E-state index contributed by atoms with van der Waals surface area (Å²) >= 11 is 1.55. The van der Waals surface area contributed by atoms with Crippen molar-refractivity contribution in [3.8, 4) is 5.82 Å². The van der Waals surface area contributed by atoms with Gasteiger partial charge in [0.05, 0.1) is 18.6 Å². The number of aromatic nitrogens is 4. The fourth-order valence-electron chi connectivity index (χ4n) is 2.50. The standard InChI is InChI=1S/C18H20N4O3S/c1-3-25-8-14(17(23)12-4-5-12)18(24)13-6-7-16(21-15(13)9-26-2)22-11-19-10-20-22/h6-8,10-12H,3-5,9H2,1-2H3. The third-order valence-electron chi connectivity index (χ3n) is 3.96. The number of hydrogen-bond acceptors (Lipinski definition) is 7. The molecule has 1 saturated carbocycles. The minimum atomic E-state index is -0.336. The molecule has 7 nitrogen and oxygen atoms in total. The van der Waals surface area contributed by atoms with Crippen molar-refractivity contribution in [1.29, 1.82) is 0 Å². The van der Waals surface area contributed by atoms with Gasteiger partial charge >= 0.3 is 0 Å². The van der Waals surface area contributed by atoms with Gasteiger partial charge in [-0.25, -0.2) is 14.6 Å². The zero-order valence-electron chi connectivity index (χ0n) is 14.7. The van der Waals surface area contributed by atoms with Crippen molar-refractivity contribution in [2.24, 2.45) is 5.92 Å². The van der Waals surface area contributed by atoms with E-state index in [1.165, 1.54) is 17.3 Å². The Hall–Kier alpha value is -2.48. The minimum absolute atomic E-state index is 0.0583. The molecule has 0 aromatic carbocycles. The van der Waals surface area contributed by atoms with Crippen LogP contribution < -0.4 is 0 Å². The number of ether oxygens (including phenoxy) is 1. The molecule has 0 unspecified atom stereocenters. The lowest BCUT2D eigenvalue weighted by molar-refractivity contribution is -0.116. The van der Waals surface area contributed by atoms with Crippen LogP contribution in [0.1, 0.15) is 35.8 Å². The maximum atomic E-state index is 13.1. The number of nitrogens with zero attached hydrogens (tertiary/aromatic N) is 4. The molecule has 136 valence electrons. The summed E-state index contributed by atoms with van der Waals surface area (Å²) in [5, 5.41) is 4.06. The Balaban J connectivity index is 1.97. The number of ketones is 2. The highest BCUT2D eigenvalue weighted by molar-refractivity contribution is 7.97. The van der Waals surface area contributed by atoms with Gasteiger partial charge in [-0.1, -0.05) is 0 Å². The highest BCUT2D eigenvalue weighted by atomic mass is 32.2. The molecule has 2 aromatic rings. The third-order valence-corrected chi connectivity index (χ3v) is 4.53. The van der Waals surface area contributed by atoms with Crippen molar-refractivity contribution in [3.63, 3.8) is 0 Å². The molecule has 3 rings (SSSR count). The molecular formula is C18H20N4O3S. The van der Waals surface area contributed by atoms with E-state index in [-0.39, 0.29) is 23.1 Å². The summed E-state index contributed by atoms with van der Waals surface area (Å²) in [5.41, 5.74) is 1.14. The van der Waals surface area contributed by atoms with Crippen LogP contribution in [0.15, 0.2) is 36.6 Å². The lowest BCUT2D eigenvalue weighted by atomic mass is 9.98. The van der Waals surface area contributed by atoms with Gasteiger partial charge in [0, 0.05) is 17.2 Å². The second-order valence-electron chi connectivity index (χ2n) is 5.89. The van der Waals surface area contributed by atoms with Crippen LogP contribution in [0.2, 0.25) is 0 Å². The van der Waals surface area contributed by atoms with Gasteiger partial charge in [-0.05, 0) is 38.2 Å². The first-order chi connectivity index (χ1) is 12.7. The number of carbonyl (C=O) groups is 2. The van der Waals surface area contributed by atoms with Crippen molar-refractivity contribution in [1.82, 2.24) is 19.7 Å². The van der Waals surface area contributed by atoms with E-state index in [0.29, 0.717) is 29.4 Å². The molecule has 0 amide bonds. The van der Waals surface area contributed by atoms with Gasteiger partial charge in [0.15, 0.2) is 11.6 Å². The van der Waals surface area contributed by atoms with E-state index in [1.807, 2.05) is 13.2 Å². The Labute approximate surface area is 155 Å². The number of Topliss-reactive ketones (excluding diaryl/α,β-unsaturated/α-hetero) is 2. The third kappa shape index (κ3) is 4.01.